The van der Waals surface area contributed by atoms with Gasteiger partial charge in [-0.25, -0.2) is 0 Å². The maximum atomic E-state index is 12.1. The standard InChI is InChI=1S/C13H13BrO4/c1-3-18-13(16)9-6-8-7(12(9)15)4-5-10(17-2)11(8)14/h4-5,9H,3,6H2,1-2H3. The first kappa shape index (κ1) is 13.1. The predicted octanol–water partition coefficient (Wildman–Crippen LogP) is 2.38. The molecule has 0 N–H and O–H groups in total. The molecule has 18 heavy (non-hydrogen) atoms. The Bertz CT molecular complexity index is 510. The van der Waals surface area contributed by atoms with Gasteiger partial charge in [0.15, 0.2) is 5.78 Å². The van der Waals surface area contributed by atoms with Crippen molar-refractivity contribution in [3.63, 3.8) is 0 Å². The van der Waals surface area contributed by atoms with Crippen LogP contribution in [0.25, 0.3) is 0 Å². The second-order valence-electron chi connectivity index (χ2n) is 3.98. The molecule has 1 aliphatic rings. The van der Waals surface area contributed by atoms with E-state index in [2.05, 4.69) is 15.9 Å². The number of benzene rings is 1. The molecule has 1 aromatic carbocycles. The molecule has 0 heterocycles. The molecule has 5 heteroatoms. The van der Waals surface area contributed by atoms with E-state index in [1.54, 1.807) is 26.2 Å². The minimum Gasteiger partial charge on any atom is -0.496 e. The van der Waals surface area contributed by atoms with Crippen molar-refractivity contribution in [2.75, 3.05) is 13.7 Å². The van der Waals surface area contributed by atoms with Gasteiger partial charge in [-0.15, -0.1) is 0 Å². The maximum absolute atomic E-state index is 12.1. The van der Waals surface area contributed by atoms with Crippen LogP contribution in [-0.4, -0.2) is 25.5 Å². The Hall–Kier alpha value is -1.36. The number of Topliss-reactive ketones (excluding diaryl/α,β-unsaturated/α-hetero) is 1. The molecule has 1 atom stereocenters. The molecule has 1 aromatic rings. The lowest BCUT2D eigenvalue weighted by atomic mass is 10.1. The molecule has 0 aliphatic heterocycles. The van der Waals surface area contributed by atoms with Gasteiger partial charge in [-0.05, 0) is 47.0 Å². The number of fused-ring (bicyclic) bond motifs is 1. The van der Waals surface area contributed by atoms with Crippen LogP contribution in [-0.2, 0) is 16.0 Å². The Labute approximate surface area is 113 Å². The lowest BCUT2D eigenvalue weighted by molar-refractivity contribution is -0.145. The third-order valence-corrected chi connectivity index (χ3v) is 3.86. The summed E-state index contributed by atoms with van der Waals surface area (Å²) in [6, 6.07) is 3.41. The van der Waals surface area contributed by atoms with Crippen LogP contribution < -0.4 is 4.74 Å². The van der Waals surface area contributed by atoms with Gasteiger partial charge in [-0.1, -0.05) is 0 Å². The smallest absolute Gasteiger partial charge is 0.317 e. The second-order valence-corrected chi connectivity index (χ2v) is 4.77. The van der Waals surface area contributed by atoms with E-state index in [4.69, 9.17) is 9.47 Å². The van der Waals surface area contributed by atoms with Gasteiger partial charge in [0.25, 0.3) is 0 Å². The number of carbonyl (C=O) groups excluding carboxylic acids is 2. The zero-order valence-corrected chi connectivity index (χ0v) is 11.7. The lowest BCUT2D eigenvalue weighted by Crippen LogP contribution is -2.23. The van der Waals surface area contributed by atoms with Crippen molar-refractivity contribution in [3.05, 3.63) is 27.7 Å². The van der Waals surface area contributed by atoms with Gasteiger partial charge in [-0.2, -0.15) is 0 Å². The van der Waals surface area contributed by atoms with Crippen molar-refractivity contribution in [2.45, 2.75) is 13.3 Å². The number of ether oxygens (including phenoxy) is 2. The van der Waals surface area contributed by atoms with Crippen molar-refractivity contribution < 1.29 is 19.1 Å². The number of ketones is 1. The summed E-state index contributed by atoms with van der Waals surface area (Å²) < 4.78 is 10.8. The van der Waals surface area contributed by atoms with Crippen LogP contribution in [0.4, 0.5) is 0 Å². The molecular formula is C13H13BrO4. The number of rotatable bonds is 3. The van der Waals surface area contributed by atoms with E-state index >= 15 is 0 Å². The molecule has 0 amide bonds. The number of hydrogen-bond acceptors (Lipinski definition) is 4. The zero-order valence-electron chi connectivity index (χ0n) is 10.2. The van der Waals surface area contributed by atoms with E-state index in [1.807, 2.05) is 0 Å². The summed E-state index contributed by atoms with van der Waals surface area (Å²) in [5.41, 5.74) is 1.39. The zero-order chi connectivity index (χ0) is 13.3. The number of esters is 1. The molecule has 4 nitrogen and oxygen atoms in total. The highest BCUT2D eigenvalue weighted by Gasteiger charge is 2.38. The summed E-state index contributed by atoms with van der Waals surface area (Å²) in [5.74, 6) is -0.689. The van der Waals surface area contributed by atoms with E-state index in [-0.39, 0.29) is 12.4 Å². The monoisotopic (exact) mass is 312 g/mol. The van der Waals surface area contributed by atoms with Crippen LogP contribution in [0.5, 0.6) is 5.75 Å². The fourth-order valence-corrected chi connectivity index (χ4v) is 2.78. The summed E-state index contributed by atoms with van der Waals surface area (Å²) >= 11 is 3.41. The minimum absolute atomic E-state index is 0.174. The number of methoxy groups -OCH3 is 1. The maximum Gasteiger partial charge on any atom is 0.317 e. The van der Waals surface area contributed by atoms with Crippen molar-refractivity contribution in [3.8, 4) is 5.75 Å². The summed E-state index contributed by atoms with van der Waals surface area (Å²) in [4.78, 5) is 23.8. The molecule has 0 saturated carbocycles. The molecule has 0 saturated heterocycles. The molecule has 1 aliphatic carbocycles. The highest BCUT2D eigenvalue weighted by Crippen LogP contribution is 2.38. The van der Waals surface area contributed by atoms with Gasteiger partial charge >= 0.3 is 5.97 Å². The number of hydrogen-bond donors (Lipinski definition) is 0. The van der Waals surface area contributed by atoms with Gasteiger partial charge < -0.3 is 9.47 Å². The fourth-order valence-electron chi connectivity index (χ4n) is 2.11. The Morgan fingerprint density at radius 2 is 2.22 bits per heavy atom. The fraction of sp³-hybridized carbons (Fsp3) is 0.385. The van der Waals surface area contributed by atoms with E-state index < -0.39 is 11.9 Å². The topological polar surface area (TPSA) is 52.6 Å². The Kier molecular flexibility index (Phi) is 3.71. The van der Waals surface area contributed by atoms with E-state index in [0.29, 0.717) is 17.7 Å². The van der Waals surface area contributed by atoms with E-state index in [1.165, 1.54) is 0 Å². The molecule has 2 rings (SSSR count). The second kappa shape index (κ2) is 5.10. The summed E-state index contributed by atoms with van der Waals surface area (Å²) in [7, 11) is 1.56. The molecule has 0 spiro atoms. The van der Waals surface area contributed by atoms with Crippen LogP contribution >= 0.6 is 15.9 Å². The van der Waals surface area contributed by atoms with Gasteiger partial charge in [0.05, 0.1) is 18.2 Å². The SMILES string of the molecule is CCOC(=O)C1Cc2c(ccc(OC)c2Br)C1=O. The highest BCUT2D eigenvalue weighted by atomic mass is 79.9. The third-order valence-electron chi connectivity index (χ3n) is 2.99. The molecule has 96 valence electrons. The summed E-state index contributed by atoms with van der Waals surface area (Å²) in [5, 5.41) is 0. The molecule has 0 aromatic heterocycles. The molecule has 1 unspecified atom stereocenters. The normalized spacial score (nSPS) is 17.5. The first-order valence-corrected chi connectivity index (χ1v) is 6.45. The number of halogens is 1. The van der Waals surface area contributed by atoms with Crippen LogP contribution in [0.15, 0.2) is 16.6 Å². The minimum atomic E-state index is -0.719. The Morgan fingerprint density at radius 3 is 2.83 bits per heavy atom. The van der Waals surface area contributed by atoms with Crippen molar-refractivity contribution in [2.24, 2.45) is 5.92 Å². The average molecular weight is 313 g/mol. The first-order valence-electron chi connectivity index (χ1n) is 5.66. The first-order chi connectivity index (χ1) is 8.60. The largest absolute Gasteiger partial charge is 0.496 e. The van der Waals surface area contributed by atoms with Crippen molar-refractivity contribution in [1.82, 2.24) is 0 Å². The van der Waals surface area contributed by atoms with Gasteiger partial charge in [0, 0.05) is 5.56 Å². The quantitative estimate of drug-likeness (QED) is 0.635. The molecule has 0 radical (unpaired) electrons. The summed E-state index contributed by atoms with van der Waals surface area (Å²) in [6.45, 7) is 2.01. The van der Waals surface area contributed by atoms with Gasteiger partial charge in [0.2, 0.25) is 0 Å². The lowest BCUT2D eigenvalue weighted by Gasteiger charge is -2.07. The van der Waals surface area contributed by atoms with Crippen molar-refractivity contribution in [1.29, 1.82) is 0 Å². The Balaban J connectivity index is 2.36. The summed E-state index contributed by atoms with van der Waals surface area (Å²) in [6.07, 6.45) is 0.366. The van der Waals surface area contributed by atoms with Crippen LogP contribution in [0.1, 0.15) is 22.8 Å². The molecule has 0 bridgehead atoms. The predicted molar refractivity (Wildman–Crippen MR) is 68.9 cm³/mol. The highest BCUT2D eigenvalue weighted by molar-refractivity contribution is 9.10. The van der Waals surface area contributed by atoms with Crippen LogP contribution in [0.3, 0.4) is 0 Å². The Morgan fingerprint density at radius 1 is 1.50 bits per heavy atom. The molecule has 0 fully saturated rings. The third kappa shape index (κ3) is 2.03. The average Bonchev–Trinajstić information content (AvgIpc) is 2.69. The van der Waals surface area contributed by atoms with Crippen LogP contribution in [0, 0.1) is 5.92 Å². The van der Waals surface area contributed by atoms with E-state index in [0.717, 1.165) is 10.0 Å². The van der Waals surface area contributed by atoms with E-state index in [9.17, 15) is 9.59 Å². The van der Waals surface area contributed by atoms with Crippen LogP contribution in [0.2, 0.25) is 0 Å². The van der Waals surface area contributed by atoms with Gasteiger partial charge in [-0.3, -0.25) is 9.59 Å². The molecular weight excluding hydrogens is 300 g/mol. The number of carbonyl (C=O) groups is 2. The van der Waals surface area contributed by atoms with Crippen molar-refractivity contribution >= 4 is 27.7 Å². The van der Waals surface area contributed by atoms with Gasteiger partial charge in [0.1, 0.15) is 11.7 Å².